The van der Waals surface area contributed by atoms with Crippen LogP contribution in [0.3, 0.4) is 0 Å². The number of aliphatic hydroxyl groups is 1. The van der Waals surface area contributed by atoms with Crippen molar-refractivity contribution in [3.05, 3.63) is 30.6 Å². The van der Waals surface area contributed by atoms with Gasteiger partial charge >= 0.3 is 0 Å². The Kier molecular flexibility index (Phi) is 9.54. The van der Waals surface area contributed by atoms with Crippen molar-refractivity contribution in [1.82, 2.24) is 19.6 Å². The lowest BCUT2D eigenvalue weighted by Crippen LogP contribution is -2.43. The largest absolute Gasteiger partial charge is 0.543 e. The summed E-state index contributed by atoms with van der Waals surface area (Å²) < 4.78 is 27.9. The zero-order valence-corrected chi connectivity index (χ0v) is 25.6. The number of ether oxygens (including phenoxy) is 3. The number of benzene rings is 1. The zero-order chi connectivity index (χ0) is 28.2. The van der Waals surface area contributed by atoms with Crippen LogP contribution in [0.15, 0.2) is 30.6 Å². The van der Waals surface area contributed by atoms with E-state index in [0.717, 1.165) is 53.8 Å². The maximum atomic E-state index is 9.28. The Hall–Kier alpha value is -2.24. The van der Waals surface area contributed by atoms with Crippen molar-refractivity contribution < 1.29 is 23.7 Å². The number of aliphatic hydroxyl groups excluding tert-OH is 1. The van der Waals surface area contributed by atoms with Gasteiger partial charge in [0.2, 0.25) is 8.32 Å². The van der Waals surface area contributed by atoms with Crippen LogP contribution in [-0.2, 0) is 14.2 Å². The molecule has 0 saturated carbocycles. The third kappa shape index (κ3) is 7.29. The molecule has 2 aromatic heterocycles. The second kappa shape index (κ2) is 12.5. The first kappa shape index (κ1) is 29.7. The molecule has 10 heteroatoms. The summed E-state index contributed by atoms with van der Waals surface area (Å²) >= 11 is 0. The van der Waals surface area contributed by atoms with Crippen molar-refractivity contribution in [2.45, 2.75) is 90.4 Å². The highest BCUT2D eigenvalue weighted by atomic mass is 28.4. The Morgan fingerprint density at radius 3 is 2.54 bits per heavy atom. The molecule has 1 aliphatic rings. The standard InChI is InChI=1S/C29H46N4O5Si/c1-21(19-35-14-15-36-20-22(2)34)32-18-23(17-30-32)28-25-16-24(38-39(6,7)29(3,4)5)11-12-26(25)33(31-28)27-10-8-9-13-37-27/h11-12,16-18,21-22,27,34H,8-10,13-15,19-20H2,1-7H3/t21-,22-,27?/m0/s1. The molecule has 216 valence electrons. The number of hydrogen-bond acceptors (Lipinski definition) is 7. The molecule has 0 bridgehead atoms. The van der Waals surface area contributed by atoms with Crippen LogP contribution in [0, 0.1) is 0 Å². The van der Waals surface area contributed by atoms with Gasteiger partial charge in [-0.25, -0.2) is 4.68 Å². The topological polar surface area (TPSA) is 92.8 Å². The molecule has 3 atom stereocenters. The summed E-state index contributed by atoms with van der Waals surface area (Å²) in [5.41, 5.74) is 2.87. The van der Waals surface area contributed by atoms with Crippen molar-refractivity contribution in [3.63, 3.8) is 0 Å². The van der Waals surface area contributed by atoms with E-state index >= 15 is 0 Å². The van der Waals surface area contributed by atoms with E-state index in [-0.39, 0.29) is 17.3 Å². The minimum atomic E-state index is -2.00. The van der Waals surface area contributed by atoms with Gasteiger partial charge in [-0.05, 0) is 69.4 Å². The van der Waals surface area contributed by atoms with Gasteiger partial charge < -0.3 is 23.7 Å². The molecular weight excluding hydrogens is 512 g/mol. The molecule has 4 rings (SSSR count). The lowest BCUT2D eigenvalue weighted by atomic mass is 10.1. The van der Waals surface area contributed by atoms with Crippen LogP contribution >= 0.6 is 0 Å². The zero-order valence-electron chi connectivity index (χ0n) is 24.6. The van der Waals surface area contributed by atoms with E-state index in [1.54, 1.807) is 6.92 Å². The van der Waals surface area contributed by atoms with Gasteiger partial charge in [0.1, 0.15) is 11.4 Å². The number of nitrogens with zero attached hydrogens (tertiary/aromatic N) is 4. The molecule has 0 radical (unpaired) electrons. The molecule has 0 amide bonds. The fraction of sp³-hybridized carbons (Fsp3) is 0.655. The molecule has 39 heavy (non-hydrogen) atoms. The Morgan fingerprint density at radius 2 is 1.87 bits per heavy atom. The fourth-order valence-corrected chi connectivity index (χ4v) is 5.41. The lowest BCUT2D eigenvalue weighted by molar-refractivity contribution is -0.0365. The van der Waals surface area contributed by atoms with Crippen LogP contribution in [0.4, 0.5) is 0 Å². The molecular formula is C29H46N4O5Si. The first-order chi connectivity index (χ1) is 18.5. The number of fused-ring (bicyclic) bond motifs is 1. The van der Waals surface area contributed by atoms with E-state index in [0.29, 0.717) is 26.4 Å². The lowest BCUT2D eigenvalue weighted by Gasteiger charge is -2.36. The van der Waals surface area contributed by atoms with Gasteiger partial charge in [0.05, 0.1) is 50.3 Å². The Balaban J connectivity index is 1.57. The van der Waals surface area contributed by atoms with Crippen molar-refractivity contribution in [2.24, 2.45) is 0 Å². The highest BCUT2D eigenvalue weighted by Crippen LogP contribution is 2.40. The van der Waals surface area contributed by atoms with Crippen molar-refractivity contribution >= 4 is 19.2 Å². The number of rotatable bonds is 12. The average molecular weight is 559 g/mol. The molecule has 1 saturated heterocycles. The van der Waals surface area contributed by atoms with E-state index in [4.69, 9.17) is 23.7 Å². The predicted octanol–water partition coefficient (Wildman–Crippen LogP) is 5.96. The second-order valence-corrected chi connectivity index (χ2v) is 16.9. The number of hydrogen-bond donors (Lipinski definition) is 1. The van der Waals surface area contributed by atoms with Crippen LogP contribution in [0.2, 0.25) is 18.1 Å². The van der Waals surface area contributed by atoms with E-state index in [2.05, 4.69) is 64.1 Å². The Bertz CT molecular complexity index is 1210. The Morgan fingerprint density at radius 1 is 1.13 bits per heavy atom. The summed E-state index contributed by atoms with van der Waals surface area (Å²) in [6, 6.07) is 6.37. The normalized spacial score (nSPS) is 18.4. The molecule has 1 fully saturated rings. The molecule has 9 nitrogen and oxygen atoms in total. The third-order valence-corrected chi connectivity index (χ3v) is 12.1. The van der Waals surface area contributed by atoms with E-state index < -0.39 is 14.4 Å². The Labute approximate surface area is 233 Å². The molecule has 3 aromatic rings. The maximum absolute atomic E-state index is 9.28. The van der Waals surface area contributed by atoms with Crippen LogP contribution in [0.1, 0.15) is 66.2 Å². The molecule has 1 aliphatic heterocycles. The summed E-state index contributed by atoms with van der Waals surface area (Å²) in [5.74, 6) is 0.881. The molecule has 1 aromatic carbocycles. The third-order valence-electron chi connectivity index (χ3n) is 7.70. The highest BCUT2D eigenvalue weighted by molar-refractivity contribution is 6.74. The minimum absolute atomic E-state index is 0.0445. The first-order valence-corrected chi connectivity index (χ1v) is 17.1. The second-order valence-electron chi connectivity index (χ2n) is 12.2. The van der Waals surface area contributed by atoms with Gasteiger partial charge in [0, 0.05) is 23.8 Å². The summed E-state index contributed by atoms with van der Waals surface area (Å²) in [6.07, 6.45) is 6.54. The van der Waals surface area contributed by atoms with Crippen molar-refractivity contribution in [1.29, 1.82) is 0 Å². The van der Waals surface area contributed by atoms with Gasteiger partial charge in [-0.2, -0.15) is 10.2 Å². The van der Waals surface area contributed by atoms with E-state index in [9.17, 15) is 5.11 Å². The fourth-order valence-electron chi connectivity index (χ4n) is 4.38. The summed E-state index contributed by atoms with van der Waals surface area (Å²) in [6.45, 7) is 17.6. The summed E-state index contributed by atoms with van der Waals surface area (Å²) in [7, 11) is -2.00. The monoisotopic (exact) mass is 558 g/mol. The van der Waals surface area contributed by atoms with Crippen molar-refractivity contribution in [3.8, 4) is 17.0 Å². The molecule has 1 N–H and O–H groups in total. The van der Waals surface area contributed by atoms with Gasteiger partial charge in [-0.3, -0.25) is 4.68 Å². The smallest absolute Gasteiger partial charge is 0.250 e. The van der Waals surface area contributed by atoms with Gasteiger partial charge in [0.15, 0.2) is 6.23 Å². The quantitative estimate of drug-likeness (QED) is 0.217. The van der Waals surface area contributed by atoms with Gasteiger partial charge in [-0.1, -0.05) is 20.8 Å². The minimum Gasteiger partial charge on any atom is -0.543 e. The first-order valence-electron chi connectivity index (χ1n) is 14.2. The van der Waals surface area contributed by atoms with E-state index in [1.165, 1.54) is 0 Å². The van der Waals surface area contributed by atoms with Gasteiger partial charge in [-0.15, -0.1) is 0 Å². The maximum Gasteiger partial charge on any atom is 0.250 e. The molecule has 1 unspecified atom stereocenters. The van der Waals surface area contributed by atoms with Gasteiger partial charge in [0.25, 0.3) is 0 Å². The highest BCUT2D eigenvalue weighted by Gasteiger charge is 2.39. The summed E-state index contributed by atoms with van der Waals surface area (Å²) in [4.78, 5) is 0. The van der Waals surface area contributed by atoms with Crippen LogP contribution in [-0.4, -0.2) is 72.1 Å². The summed E-state index contributed by atoms with van der Waals surface area (Å²) in [5, 5.41) is 20.1. The number of aromatic nitrogens is 4. The predicted molar refractivity (Wildman–Crippen MR) is 156 cm³/mol. The van der Waals surface area contributed by atoms with Crippen LogP contribution in [0.25, 0.3) is 22.2 Å². The SMILES string of the molecule is C[C@H](O)COCCOC[C@H](C)n1cc(-c2nn(C3CCCCO3)c3ccc(O[Si](C)(C)C(C)(C)C)cc23)cn1. The molecule has 0 spiro atoms. The molecule has 0 aliphatic carbocycles. The van der Waals surface area contributed by atoms with Crippen LogP contribution in [0.5, 0.6) is 5.75 Å². The average Bonchev–Trinajstić information content (AvgIpc) is 3.50. The molecule has 3 heterocycles. The van der Waals surface area contributed by atoms with Crippen LogP contribution < -0.4 is 4.43 Å². The van der Waals surface area contributed by atoms with E-state index in [1.807, 2.05) is 21.8 Å². The van der Waals surface area contributed by atoms with Crippen molar-refractivity contribution in [2.75, 3.05) is 33.0 Å².